The van der Waals surface area contributed by atoms with Crippen molar-refractivity contribution in [2.75, 3.05) is 13.2 Å². The molecule has 2 rings (SSSR count). The summed E-state index contributed by atoms with van der Waals surface area (Å²) in [7, 11) is 0. The van der Waals surface area contributed by atoms with Crippen molar-refractivity contribution in [1.82, 2.24) is 10.2 Å². The molecule has 0 unspecified atom stereocenters. The highest BCUT2D eigenvalue weighted by atomic mass is 32.1. The first-order valence-corrected chi connectivity index (χ1v) is 9.93. The summed E-state index contributed by atoms with van der Waals surface area (Å²) in [6, 6.07) is 17.6. The molecule has 29 heavy (non-hydrogen) atoms. The molecular weight excluding hydrogens is 384 g/mol. The van der Waals surface area contributed by atoms with Gasteiger partial charge in [0.25, 0.3) is 0 Å². The Kier molecular flexibility index (Phi) is 9.05. The van der Waals surface area contributed by atoms with Crippen molar-refractivity contribution in [3.8, 4) is 0 Å². The number of carbonyl (C=O) groups excluding carboxylic acids is 2. The average molecular weight is 411 g/mol. The first-order chi connectivity index (χ1) is 14.0. The van der Waals surface area contributed by atoms with E-state index >= 15 is 0 Å². The van der Waals surface area contributed by atoms with E-state index in [-0.39, 0.29) is 23.4 Å². The fraction of sp³-hybridized carbons (Fsp3) is 0.261. The molecule has 0 spiro atoms. The summed E-state index contributed by atoms with van der Waals surface area (Å²) in [5.41, 5.74) is 3.12. The molecule has 6 heteroatoms. The van der Waals surface area contributed by atoms with Crippen molar-refractivity contribution in [1.29, 1.82) is 0 Å². The zero-order valence-electron chi connectivity index (χ0n) is 16.8. The van der Waals surface area contributed by atoms with Gasteiger partial charge in [0, 0.05) is 19.2 Å². The largest absolute Gasteiger partial charge is 0.466 e. The minimum Gasteiger partial charge on any atom is -0.466 e. The number of hydrogen-bond donors (Lipinski definition) is 1. The molecule has 2 aromatic rings. The van der Waals surface area contributed by atoms with Crippen LogP contribution in [0.4, 0.5) is 0 Å². The van der Waals surface area contributed by atoms with Crippen LogP contribution in [0.1, 0.15) is 30.0 Å². The summed E-state index contributed by atoms with van der Waals surface area (Å²) >= 11 is 5.42. The molecule has 0 atom stereocenters. The molecule has 1 N–H and O–H groups in total. The van der Waals surface area contributed by atoms with Crippen molar-refractivity contribution >= 4 is 35.3 Å². The van der Waals surface area contributed by atoms with Gasteiger partial charge in [0.2, 0.25) is 5.91 Å². The molecule has 0 aliphatic heterocycles. The summed E-state index contributed by atoms with van der Waals surface area (Å²) in [6.45, 7) is 4.96. The number of nitrogens with one attached hydrogen (secondary N) is 1. The number of thiocarbonyl (C=S) groups is 1. The highest BCUT2D eigenvalue weighted by molar-refractivity contribution is 7.80. The lowest BCUT2D eigenvalue weighted by Crippen LogP contribution is -2.42. The van der Waals surface area contributed by atoms with Crippen LogP contribution in [0.15, 0.2) is 60.7 Å². The van der Waals surface area contributed by atoms with E-state index < -0.39 is 0 Å². The molecule has 0 radical (unpaired) electrons. The van der Waals surface area contributed by atoms with Gasteiger partial charge in [-0.1, -0.05) is 60.2 Å². The lowest BCUT2D eigenvalue weighted by Gasteiger charge is -2.25. The fourth-order valence-electron chi connectivity index (χ4n) is 2.59. The van der Waals surface area contributed by atoms with Gasteiger partial charge in [-0.3, -0.25) is 14.9 Å². The smallest absolute Gasteiger partial charge is 0.307 e. The third-order valence-electron chi connectivity index (χ3n) is 4.13. The highest BCUT2D eigenvalue weighted by Gasteiger charge is 2.14. The Morgan fingerprint density at radius 2 is 1.79 bits per heavy atom. The monoisotopic (exact) mass is 410 g/mol. The van der Waals surface area contributed by atoms with Gasteiger partial charge in [-0.2, -0.15) is 0 Å². The number of benzene rings is 2. The molecule has 0 saturated carbocycles. The second-order valence-electron chi connectivity index (χ2n) is 6.50. The molecular formula is C23H26N2O3S. The number of hydrogen-bond acceptors (Lipinski definition) is 4. The molecule has 0 aliphatic rings. The molecule has 5 nitrogen and oxygen atoms in total. The second-order valence-corrected chi connectivity index (χ2v) is 6.89. The van der Waals surface area contributed by atoms with Crippen molar-refractivity contribution in [2.24, 2.45) is 0 Å². The molecule has 0 aromatic heterocycles. The summed E-state index contributed by atoms with van der Waals surface area (Å²) in [4.78, 5) is 25.8. The van der Waals surface area contributed by atoms with E-state index in [9.17, 15) is 9.59 Å². The van der Waals surface area contributed by atoms with Crippen LogP contribution < -0.4 is 5.32 Å². The number of rotatable bonds is 8. The quantitative estimate of drug-likeness (QED) is 0.407. The molecule has 152 valence electrons. The third kappa shape index (κ3) is 8.27. The Labute approximate surface area is 177 Å². The van der Waals surface area contributed by atoms with Crippen LogP contribution in [0.5, 0.6) is 0 Å². The van der Waals surface area contributed by atoms with E-state index in [1.807, 2.05) is 61.5 Å². The molecule has 2 aromatic carbocycles. The van der Waals surface area contributed by atoms with Crippen molar-refractivity contribution in [3.63, 3.8) is 0 Å². The maximum atomic E-state index is 12.3. The second kappa shape index (κ2) is 11.8. The number of aryl methyl sites for hydroxylation is 1. The van der Waals surface area contributed by atoms with Crippen LogP contribution in [-0.2, 0) is 20.9 Å². The van der Waals surface area contributed by atoms with Gasteiger partial charge < -0.3 is 9.64 Å². The van der Waals surface area contributed by atoms with Crippen molar-refractivity contribution in [2.45, 2.75) is 26.8 Å². The summed E-state index contributed by atoms with van der Waals surface area (Å²) in [6.07, 6.45) is 3.37. The lowest BCUT2D eigenvalue weighted by molar-refractivity contribution is -0.143. The van der Waals surface area contributed by atoms with Gasteiger partial charge in [-0.25, -0.2) is 0 Å². The highest BCUT2D eigenvalue weighted by Crippen LogP contribution is 2.07. The molecule has 0 heterocycles. The molecule has 0 saturated heterocycles. The van der Waals surface area contributed by atoms with E-state index in [0.717, 1.165) is 16.7 Å². The number of esters is 1. The van der Waals surface area contributed by atoms with Gasteiger partial charge >= 0.3 is 5.97 Å². The number of amides is 1. The van der Waals surface area contributed by atoms with Crippen molar-refractivity contribution in [3.05, 3.63) is 77.4 Å². The van der Waals surface area contributed by atoms with E-state index in [1.54, 1.807) is 17.9 Å². The van der Waals surface area contributed by atoms with E-state index in [1.165, 1.54) is 6.08 Å². The summed E-state index contributed by atoms with van der Waals surface area (Å²) in [5, 5.41) is 2.99. The molecule has 0 fully saturated rings. The van der Waals surface area contributed by atoms with Crippen LogP contribution in [0.2, 0.25) is 0 Å². The van der Waals surface area contributed by atoms with Crippen LogP contribution in [0.3, 0.4) is 0 Å². The van der Waals surface area contributed by atoms with Crippen LogP contribution in [0.25, 0.3) is 6.08 Å². The number of carbonyl (C=O) groups is 2. The SMILES string of the molecule is CCOC(=O)CCN(Cc1ccccc1)C(=S)NC(=O)/C=C/c1ccc(C)cc1. The van der Waals surface area contributed by atoms with Crippen LogP contribution >= 0.6 is 12.2 Å². The van der Waals surface area contributed by atoms with Gasteiger partial charge in [-0.15, -0.1) is 0 Å². The summed E-state index contributed by atoms with van der Waals surface area (Å²) < 4.78 is 4.99. The Hall–Kier alpha value is -2.99. The lowest BCUT2D eigenvalue weighted by atomic mass is 10.1. The first kappa shape index (κ1) is 22.3. The Morgan fingerprint density at radius 1 is 1.10 bits per heavy atom. The zero-order chi connectivity index (χ0) is 21.1. The van der Waals surface area contributed by atoms with E-state index in [4.69, 9.17) is 17.0 Å². The van der Waals surface area contributed by atoms with E-state index in [2.05, 4.69) is 5.32 Å². The normalized spacial score (nSPS) is 10.6. The third-order valence-corrected chi connectivity index (χ3v) is 4.49. The minimum absolute atomic E-state index is 0.190. The number of ether oxygens (including phenoxy) is 1. The van der Waals surface area contributed by atoms with Crippen LogP contribution in [-0.4, -0.2) is 35.0 Å². The zero-order valence-corrected chi connectivity index (χ0v) is 17.6. The molecule has 0 bridgehead atoms. The Bertz CT molecular complexity index is 848. The van der Waals surface area contributed by atoms with Crippen molar-refractivity contribution < 1.29 is 14.3 Å². The Balaban J connectivity index is 1.99. The minimum atomic E-state index is -0.315. The maximum Gasteiger partial charge on any atom is 0.307 e. The fourth-order valence-corrected chi connectivity index (χ4v) is 2.85. The number of nitrogens with zero attached hydrogens (tertiary/aromatic N) is 1. The van der Waals surface area contributed by atoms with Gasteiger partial charge in [0.15, 0.2) is 5.11 Å². The molecule has 0 aliphatic carbocycles. The maximum absolute atomic E-state index is 12.3. The van der Waals surface area contributed by atoms with Crippen LogP contribution in [0, 0.1) is 6.92 Å². The van der Waals surface area contributed by atoms with Gasteiger partial charge in [0.05, 0.1) is 13.0 Å². The van der Waals surface area contributed by atoms with Gasteiger partial charge in [-0.05, 0) is 43.3 Å². The van der Waals surface area contributed by atoms with Gasteiger partial charge in [0.1, 0.15) is 0 Å². The Morgan fingerprint density at radius 3 is 2.45 bits per heavy atom. The summed E-state index contributed by atoms with van der Waals surface area (Å²) in [5.74, 6) is -0.608. The first-order valence-electron chi connectivity index (χ1n) is 9.52. The predicted octanol–water partition coefficient (Wildman–Crippen LogP) is 3.86. The molecule has 1 amide bonds. The van der Waals surface area contributed by atoms with E-state index in [0.29, 0.717) is 19.7 Å². The average Bonchev–Trinajstić information content (AvgIpc) is 2.71. The standard InChI is InChI=1S/C23H26N2O3S/c1-3-28-22(27)15-16-25(17-20-7-5-4-6-8-20)23(29)24-21(26)14-13-19-11-9-18(2)10-12-19/h4-14H,3,15-17H2,1-2H3,(H,24,26,29)/b14-13+. The predicted molar refractivity (Wildman–Crippen MR) is 119 cm³/mol. The topological polar surface area (TPSA) is 58.6 Å².